The molecule has 2 atom stereocenters. The number of β-lactam (4-membered cyclic amide) rings is 1. The minimum atomic E-state index is -3.46. The van der Waals surface area contributed by atoms with E-state index in [2.05, 4.69) is 21.6 Å². The van der Waals surface area contributed by atoms with Crippen LogP contribution in [0.3, 0.4) is 0 Å². The van der Waals surface area contributed by atoms with Crippen LogP contribution in [0.1, 0.15) is 4.88 Å². The Kier molecular flexibility index (Phi) is 5.50. The smallest absolute Gasteiger partial charge is 0.352 e. The number of allylic oxidation sites excluding steroid dienone is 1. The van der Waals surface area contributed by atoms with E-state index in [-0.39, 0.29) is 17.2 Å². The van der Waals surface area contributed by atoms with Crippen molar-refractivity contribution in [3.8, 4) is 0 Å². The van der Waals surface area contributed by atoms with E-state index in [1.807, 2.05) is 0 Å². The zero-order valence-corrected chi connectivity index (χ0v) is 17.0. The van der Waals surface area contributed by atoms with Crippen molar-refractivity contribution in [2.24, 2.45) is 0 Å². The number of aliphatic carboxylic acids is 1. The lowest BCUT2D eigenvalue weighted by Crippen LogP contribution is -2.70. The number of sulfonamides is 1. The molecule has 1 unspecified atom stereocenters. The van der Waals surface area contributed by atoms with Gasteiger partial charge in [-0.2, -0.15) is 0 Å². The zero-order chi connectivity index (χ0) is 20.6. The van der Waals surface area contributed by atoms with E-state index in [1.54, 1.807) is 0 Å². The minimum Gasteiger partial charge on any atom is -0.477 e. The van der Waals surface area contributed by atoms with Gasteiger partial charge in [0.15, 0.2) is 5.13 Å². The van der Waals surface area contributed by atoms with Crippen LogP contribution >= 0.6 is 23.1 Å². The number of rotatable bonds is 7. The number of nitrogens with zero attached hydrogens (tertiary/aromatic N) is 2. The van der Waals surface area contributed by atoms with Gasteiger partial charge in [-0.3, -0.25) is 19.2 Å². The van der Waals surface area contributed by atoms with Gasteiger partial charge >= 0.3 is 5.97 Å². The highest BCUT2D eigenvalue weighted by Crippen LogP contribution is 2.40. The number of nitrogens with one attached hydrogen (secondary N) is 2. The average Bonchev–Trinajstić information content (AvgIpc) is 3.02. The summed E-state index contributed by atoms with van der Waals surface area (Å²) in [5.74, 6) is -1.77. The van der Waals surface area contributed by atoms with Gasteiger partial charge in [0, 0.05) is 16.8 Å². The fraction of sp³-hybridized carbons (Fsp3) is 0.333. The molecule has 0 aromatic carbocycles. The second-order valence-corrected chi connectivity index (χ2v) is 9.99. The molecular formula is C15H16N4O6S3. The van der Waals surface area contributed by atoms with Crippen LogP contribution in [0.15, 0.2) is 30.1 Å². The first-order valence-corrected chi connectivity index (χ1v) is 11.6. The lowest BCUT2D eigenvalue weighted by atomic mass is 10.0. The predicted octanol–water partition coefficient (Wildman–Crippen LogP) is -0.0183. The summed E-state index contributed by atoms with van der Waals surface area (Å²) in [6.07, 6.45) is 3.71. The lowest BCUT2D eigenvalue weighted by Gasteiger charge is -2.49. The maximum Gasteiger partial charge on any atom is 0.352 e. The Morgan fingerprint density at radius 1 is 1.50 bits per heavy atom. The maximum atomic E-state index is 12.4. The standard InChI is InChI=1S/C15H16N4O6S3/c1-3-7-6-26-13-10(12(21)19(13)11(7)14(22)23)17-9(20)4-8-5-16-15(27-8)18-28(2,24)25/h3,5,10,13H,1,4,6H2,2H3,(H,16,18)(H,17,20)(H,22,23)/t10?,13-/m0/s1. The van der Waals surface area contributed by atoms with Crippen molar-refractivity contribution in [2.45, 2.75) is 17.8 Å². The summed E-state index contributed by atoms with van der Waals surface area (Å²) in [5.41, 5.74) is 0.357. The van der Waals surface area contributed by atoms with Gasteiger partial charge in [-0.05, 0) is 5.57 Å². The van der Waals surface area contributed by atoms with Crippen LogP contribution < -0.4 is 10.0 Å². The van der Waals surface area contributed by atoms with Crippen molar-refractivity contribution in [1.29, 1.82) is 0 Å². The molecule has 3 heterocycles. The van der Waals surface area contributed by atoms with Crippen molar-refractivity contribution < 1.29 is 27.9 Å². The van der Waals surface area contributed by atoms with E-state index >= 15 is 0 Å². The van der Waals surface area contributed by atoms with Crippen molar-refractivity contribution in [1.82, 2.24) is 15.2 Å². The Hall–Kier alpha value is -2.38. The fourth-order valence-electron chi connectivity index (χ4n) is 2.78. The van der Waals surface area contributed by atoms with Crippen LogP contribution in [-0.2, 0) is 30.8 Å². The van der Waals surface area contributed by atoms with Gasteiger partial charge in [-0.1, -0.05) is 12.7 Å². The third kappa shape index (κ3) is 4.05. The molecule has 0 saturated carbocycles. The first-order valence-electron chi connectivity index (χ1n) is 7.86. The Morgan fingerprint density at radius 2 is 2.21 bits per heavy atom. The fourth-order valence-corrected chi connectivity index (χ4v) is 5.77. The summed E-state index contributed by atoms with van der Waals surface area (Å²) >= 11 is 2.36. The molecule has 1 aromatic rings. The molecule has 10 nitrogen and oxygen atoms in total. The average molecular weight is 445 g/mol. The summed E-state index contributed by atoms with van der Waals surface area (Å²) < 4.78 is 24.6. The van der Waals surface area contributed by atoms with Gasteiger partial charge in [0.2, 0.25) is 15.9 Å². The van der Waals surface area contributed by atoms with Crippen LogP contribution in [-0.4, -0.2) is 64.6 Å². The molecule has 2 aliphatic heterocycles. The van der Waals surface area contributed by atoms with Gasteiger partial charge in [0.05, 0.1) is 12.7 Å². The molecule has 150 valence electrons. The van der Waals surface area contributed by atoms with Crippen molar-refractivity contribution in [3.63, 3.8) is 0 Å². The molecule has 1 fully saturated rings. The maximum absolute atomic E-state index is 12.4. The molecule has 13 heteroatoms. The topological polar surface area (TPSA) is 146 Å². The number of anilines is 1. The number of hydrogen-bond donors (Lipinski definition) is 3. The molecule has 28 heavy (non-hydrogen) atoms. The molecule has 0 bridgehead atoms. The Morgan fingerprint density at radius 3 is 2.82 bits per heavy atom. The molecule has 0 radical (unpaired) electrons. The molecule has 2 amide bonds. The van der Waals surface area contributed by atoms with E-state index in [4.69, 9.17) is 0 Å². The second kappa shape index (κ2) is 7.56. The third-order valence-electron chi connectivity index (χ3n) is 3.92. The lowest BCUT2D eigenvalue weighted by molar-refractivity contribution is -0.150. The number of carbonyl (C=O) groups is 3. The first-order chi connectivity index (χ1) is 13.1. The van der Waals surface area contributed by atoms with Crippen LogP contribution in [0.4, 0.5) is 5.13 Å². The molecule has 1 aromatic heterocycles. The number of aromatic nitrogens is 1. The van der Waals surface area contributed by atoms with E-state index in [0.29, 0.717) is 16.2 Å². The van der Waals surface area contributed by atoms with E-state index in [0.717, 1.165) is 17.6 Å². The monoisotopic (exact) mass is 444 g/mol. The van der Waals surface area contributed by atoms with Crippen molar-refractivity contribution >= 4 is 56.0 Å². The van der Waals surface area contributed by atoms with Crippen LogP contribution in [0.25, 0.3) is 0 Å². The highest BCUT2D eigenvalue weighted by atomic mass is 32.2. The van der Waals surface area contributed by atoms with Crippen LogP contribution in [0.2, 0.25) is 0 Å². The third-order valence-corrected chi connectivity index (χ3v) is 6.83. The van der Waals surface area contributed by atoms with E-state index in [9.17, 15) is 27.9 Å². The normalized spacial score (nSPS) is 21.6. The van der Waals surface area contributed by atoms with E-state index in [1.165, 1.54) is 28.9 Å². The summed E-state index contributed by atoms with van der Waals surface area (Å²) in [6, 6.07) is -0.820. The minimum absolute atomic E-state index is 0.0796. The van der Waals surface area contributed by atoms with Crippen molar-refractivity contribution in [3.05, 3.63) is 35.0 Å². The first kappa shape index (κ1) is 20.4. The van der Waals surface area contributed by atoms with Gasteiger partial charge in [0.1, 0.15) is 17.1 Å². The highest BCUT2D eigenvalue weighted by Gasteiger charge is 2.53. The van der Waals surface area contributed by atoms with Gasteiger partial charge < -0.3 is 10.4 Å². The second-order valence-electron chi connectivity index (χ2n) is 6.02. The Bertz CT molecular complexity index is 999. The predicted molar refractivity (Wildman–Crippen MR) is 104 cm³/mol. The number of carboxylic acid groups (broad SMARTS) is 1. The van der Waals surface area contributed by atoms with Crippen LogP contribution in [0, 0.1) is 0 Å². The van der Waals surface area contributed by atoms with Gasteiger partial charge in [0.25, 0.3) is 5.91 Å². The Labute approximate surface area is 168 Å². The summed E-state index contributed by atoms with van der Waals surface area (Å²) in [6.45, 7) is 3.57. The summed E-state index contributed by atoms with van der Waals surface area (Å²) in [4.78, 5) is 41.7. The SMILES string of the molecule is C=CC1=C(C(=O)O)N2C(=O)C(NC(=O)Cc3cnc(NS(C)(=O)=O)s3)[C@@H]2SC1. The molecule has 3 rings (SSSR count). The van der Waals surface area contributed by atoms with E-state index < -0.39 is 39.2 Å². The quantitative estimate of drug-likeness (QED) is 0.498. The number of carboxylic acids is 1. The summed E-state index contributed by atoms with van der Waals surface area (Å²) in [7, 11) is -3.46. The molecular weight excluding hydrogens is 428 g/mol. The van der Waals surface area contributed by atoms with Gasteiger partial charge in [-0.15, -0.1) is 23.1 Å². The largest absolute Gasteiger partial charge is 0.477 e. The highest BCUT2D eigenvalue weighted by molar-refractivity contribution is 8.00. The van der Waals surface area contributed by atoms with Crippen LogP contribution in [0.5, 0.6) is 0 Å². The number of thiazole rings is 1. The summed E-state index contributed by atoms with van der Waals surface area (Å²) in [5, 5.41) is 11.6. The number of thioether (sulfide) groups is 1. The molecule has 0 spiro atoms. The molecule has 1 saturated heterocycles. The van der Waals surface area contributed by atoms with Crippen molar-refractivity contribution in [2.75, 3.05) is 16.7 Å². The number of fused-ring (bicyclic) bond motifs is 1. The number of hydrogen-bond acceptors (Lipinski definition) is 8. The number of amides is 2. The van der Waals surface area contributed by atoms with Gasteiger partial charge in [-0.25, -0.2) is 18.2 Å². The zero-order valence-electron chi connectivity index (χ0n) is 14.5. The number of carbonyl (C=O) groups excluding carboxylic acids is 2. The molecule has 2 aliphatic rings. The molecule has 3 N–H and O–H groups in total. The Balaban J connectivity index is 1.64. The molecule has 0 aliphatic carbocycles.